The second-order valence-electron chi connectivity index (χ2n) is 7.66. The second kappa shape index (κ2) is 7.40. The number of rotatable bonds is 3. The number of hydrogen-bond donors (Lipinski definition) is 1. The van der Waals surface area contributed by atoms with Crippen LogP contribution < -0.4 is 10.1 Å². The van der Waals surface area contributed by atoms with E-state index in [9.17, 15) is 14.4 Å². The lowest BCUT2D eigenvalue weighted by Gasteiger charge is -2.24. The summed E-state index contributed by atoms with van der Waals surface area (Å²) in [7, 11) is 1.58. The lowest BCUT2D eigenvalue weighted by atomic mass is 9.93. The number of benzene rings is 3. The van der Waals surface area contributed by atoms with Gasteiger partial charge >= 0.3 is 0 Å². The lowest BCUT2D eigenvalue weighted by Crippen LogP contribution is -2.50. The predicted octanol–water partition coefficient (Wildman–Crippen LogP) is 3.12. The van der Waals surface area contributed by atoms with Crippen LogP contribution in [-0.4, -0.2) is 35.8 Å². The fraction of sp³-hybridized carbons (Fsp3) is 0.160. The van der Waals surface area contributed by atoms with E-state index in [2.05, 4.69) is 5.32 Å². The number of hydrogen-bond acceptors (Lipinski definition) is 4. The molecule has 1 N–H and O–H groups in total. The zero-order valence-corrected chi connectivity index (χ0v) is 16.9. The highest BCUT2D eigenvalue weighted by atomic mass is 16.5. The monoisotopic (exact) mass is 412 g/mol. The van der Waals surface area contributed by atoms with Gasteiger partial charge in [-0.15, -0.1) is 0 Å². The average molecular weight is 412 g/mol. The summed E-state index contributed by atoms with van der Waals surface area (Å²) in [4.78, 5) is 40.6. The minimum atomic E-state index is -0.952. The molecule has 154 valence electrons. The van der Waals surface area contributed by atoms with E-state index in [0.29, 0.717) is 16.9 Å². The molecule has 2 heterocycles. The molecule has 3 aromatic carbocycles. The van der Waals surface area contributed by atoms with Crippen LogP contribution in [0.1, 0.15) is 43.4 Å². The highest BCUT2D eigenvalue weighted by Gasteiger charge is 2.44. The Bertz CT molecular complexity index is 1170. The minimum Gasteiger partial charge on any atom is -0.497 e. The van der Waals surface area contributed by atoms with Crippen molar-refractivity contribution in [2.45, 2.75) is 18.5 Å². The lowest BCUT2D eigenvalue weighted by molar-refractivity contribution is -0.125. The quantitative estimate of drug-likeness (QED) is 0.671. The van der Waals surface area contributed by atoms with E-state index in [0.717, 1.165) is 21.6 Å². The fourth-order valence-electron chi connectivity index (χ4n) is 4.39. The maximum atomic E-state index is 13.4. The zero-order chi connectivity index (χ0) is 21.5. The highest BCUT2D eigenvalue weighted by molar-refractivity contribution is 6.22. The van der Waals surface area contributed by atoms with Crippen molar-refractivity contribution in [3.05, 3.63) is 101 Å². The topological polar surface area (TPSA) is 75.7 Å². The molecule has 0 unspecified atom stereocenters. The molecule has 0 aliphatic carbocycles. The van der Waals surface area contributed by atoms with Crippen LogP contribution in [-0.2, 0) is 11.2 Å². The number of nitrogens with one attached hydrogen (secondary N) is 1. The van der Waals surface area contributed by atoms with Crippen molar-refractivity contribution in [2.24, 2.45) is 0 Å². The van der Waals surface area contributed by atoms with E-state index < -0.39 is 23.9 Å². The van der Waals surface area contributed by atoms with Gasteiger partial charge in [-0.1, -0.05) is 48.5 Å². The molecule has 0 saturated carbocycles. The summed E-state index contributed by atoms with van der Waals surface area (Å²) in [5, 5.41) is 3.06. The van der Waals surface area contributed by atoms with E-state index in [1.807, 2.05) is 48.5 Å². The predicted molar refractivity (Wildman–Crippen MR) is 114 cm³/mol. The summed E-state index contributed by atoms with van der Waals surface area (Å²) in [6.45, 7) is 0. The molecule has 0 aromatic heterocycles. The van der Waals surface area contributed by atoms with Crippen LogP contribution in [0.2, 0.25) is 0 Å². The van der Waals surface area contributed by atoms with Gasteiger partial charge in [0.05, 0.1) is 24.3 Å². The maximum absolute atomic E-state index is 13.4. The Morgan fingerprint density at radius 1 is 0.871 bits per heavy atom. The summed E-state index contributed by atoms with van der Waals surface area (Å²) in [5.41, 5.74) is 3.35. The molecular weight excluding hydrogens is 392 g/mol. The molecule has 3 aromatic rings. The largest absolute Gasteiger partial charge is 0.497 e. The Morgan fingerprint density at radius 2 is 1.52 bits per heavy atom. The first-order valence-electron chi connectivity index (χ1n) is 10.1. The van der Waals surface area contributed by atoms with Crippen molar-refractivity contribution in [1.82, 2.24) is 10.2 Å². The molecule has 0 fully saturated rings. The summed E-state index contributed by atoms with van der Waals surface area (Å²) < 4.78 is 5.39. The van der Waals surface area contributed by atoms with Gasteiger partial charge in [0.15, 0.2) is 0 Å². The summed E-state index contributed by atoms with van der Waals surface area (Å²) >= 11 is 0. The molecule has 0 bridgehead atoms. The Labute approximate surface area is 179 Å². The molecular formula is C25H20N2O4. The molecule has 31 heavy (non-hydrogen) atoms. The van der Waals surface area contributed by atoms with E-state index in [1.54, 1.807) is 31.4 Å². The van der Waals surface area contributed by atoms with Crippen molar-refractivity contribution < 1.29 is 19.1 Å². The van der Waals surface area contributed by atoms with Crippen molar-refractivity contribution >= 4 is 17.7 Å². The Hall–Kier alpha value is -3.93. The highest BCUT2D eigenvalue weighted by Crippen LogP contribution is 2.34. The number of imide groups is 1. The van der Waals surface area contributed by atoms with Gasteiger partial charge in [-0.25, -0.2) is 0 Å². The molecule has 3 amide bonds. The van der Waals surface area contributed by atoms with Crippen molar-refractivity contribution in [3.63, 3.8) is 0 Å². The van der Waals surface area contributed by atoms with Gasteiger partial charge in [0.25, 0.3) is 11.8 Å². The summed E-state index contributed by atoms with van der Waals surface area (Å²) in [5.74, 6) is -0.591. The summed E-state index contributed by atoms with van der Waals surface area (Å²) in [6.07, 6.45) is 0.215. The standard InChI is InChI=1S/C25H20N2O4/c1-31-17-11-12-18-16(13-17)14-21(23(28)26-22(18)15-7-3-2-4-8-15)27-24(29)19-9-5-6-10-20(19)25(27)30/h2-13,21-22H,14H2,1H3,(H,26,28)/t21-,22+/m0/s1. The molecule has 5 rings (SSSR count). The van der Waals surface area contributed by atoms with Gasteiger partial charge in [0, 0.05) is 6.42 Å². The SMILES string of the molecule is COc1ccc2c(c1)C[C@H](N1C(=O)c3ccccc3C1=O)C(=O)N[C@@H]2c1ccccc1. The average Bonchev–Trinajstić information content (AvgIpc) is 2.96. The molecule has 0 spiro atoms. The smallest absolute Gasteiger partial charge is 0.262 e. The van der Waals surface area contributed by atoms with Crippen LogP contribution in [0.4, 0.5) is 0 Å². The van der Waals surface area contributed by atoms with E-state index >= 15 is 0 Å². The summed E-state index contributed by atoms with van der Waals surface area (Å²) in [6, 6.07) is 20.6. The minimum absolute atomic E-state index is 0.215. The van der Waals surface area contributed by atoms with Crippen molar-refractivity contribution in [3.8, 4) is 5.75 Å². The molecule has 0 radical (unpaired) electrons. The molecule has 2 atom stereocenters. The Balaban J connectivity index is 1.60. The van der Waals surface area contributed by atoms with E-state index in [4.69, 9.17) is 4.74 Å². The van der Waals surface area contributed by atoms with Crippen LogP contribution in [0, 0.1) is 0 Å². The van der Waals surface area contributed by atoms with Crippen LogP contribution in [0.25, 0.3) is 0 Å². The number of fused-ring (bicyclic) bond motifs is 2. The van der Waals surface area contributed by atoms with Gasteiger partial charge in [0.1, 0.15) is 11.8 Å². The fourth-order valence-corrected chi connectivity index (χ4v) is 4.39. The first-order chi connectivity index (χ1) is 15.1. The third-order valence-corrected chi connectivity index (χ3v) is 5.93. The number of nitrogens with zero attached hydrogens (tertiary/aromatic N) is 1. The first-order valence-corrected chi connectivity index (χ1v) is 10.1. The normalized spacial score (nSPS) is 20.0. The number of carbonyl (C=O) groups is 3. The Morgan fingerprint density at radius 3 is 2.16 bits per heavy atom. The van der Waals surface area contributed by atoms with Gasteiger partial charge < -0.3 is 10.1 Å². The number of ether oxygens (including phenoxy) is 1. The molecule has 6 nitrogen and oxygen atoms in total. The van der Waals surface area contributed by atoms with Crippen LogP contribution in [0.15, 0.2) is 72.8 Å². The number of methoxy groups -OCH3 is 1. The van der Waals surface area contributed by atoms with E-state index in [-0.39, 0.29) is 12.3 Å². The molecule has 0 saturated heterocycles. The van der Waals surface area contributed by atoms with Gasteiger partial charge in [-0.05, 0) is 41.0 Å². The second-order valence-corrected chi connectivity index (χ2v) is 7.66. The van der Waals surface area contributed by atoms with Crippen molar-refractivity contribution in [2.75, 3.05) is 7.11 Å². The first kappa shape index (κ1) is 19.1. The Kier molecular flexibility index (Phi) is 4.55. The van der Waals surface area contributed by atoms with Crippen LogP contribution in [0.3, 0.4) is 0 Å². The van der Waals surface area contributed by atoms with Crippen LogP contribution >= 0.6 is 0 Å². The van der Waals surface area contributed by atoms with Crippen molar-refractivity contribution in [1.29, 1.82) is 0 Å². The van der Waals surface area contributed by atoms with Gasteiger partial charge in [0.2, 0.25) is 5.91 Å². The third-order valence-electron chi connectivity index (χ3n) is 5.93. The van der Waals surface area contributed by atoms with Gasteiger partial charge in [-0.2, -0.15) is 0 Å². The molecule has 2 aliphatic rings. The number of carbonyl (C=O) groups excluding carboxylic acids is 3. The third kappa shape index (κ3) is 3.08. The van der Waals surface area contributed by atoms with Gasteiger partial charge in [-0.3, -0.25) is 19.3 Å². The number of amides is 3. The molecule has 6 heteroatoms. The zero-order valence-electron chi connectivity index (χ0n) is 16.9. The maximum Gasteiger partial charge on any atom is 0.262 e. The van der Waals surface area contributed by atoms with E-state index in [1.165, 1.54) is 0 Å². The van der Waals surface area contributed by atoms with Crippen LogP contribution in [0.5, 0.6) is 5.75 Å². The molecule has 2 aliphatic heterocycles.